The van der Waals surface area contributed by atoms with Crippen LogP contribution < -0.4 is 10.6 Å². The van der Waals surface area contributed by atoms with Gasteiger partial charge in [-0.15, -0.1) is 0 Å². The number of thioether (sulfide) groups is 2. The fourth-order valence-electron chi connectivity index (χ4n) is 5.42. The molecule has 0 saturated carbocycles. The van der Waals surface area contributed by atoms with Gasteiger partial charge in [-0.05, 0) is 49.7 Å². The first kappa shape index (κ1) is 53.0. The summed E-state index contributed by atoms with van der Waals surface area (Å²) in [5.41, 5.74) is 0. The zero-order valence-corrected chi connectivity index (χ0v) is 34.6. The van der Waals surface area contributed by atoms with Crippen LogP contribution in [-0.4, -0.2) is 74.3 Å². The van der Waals surface area contributed by atoms with Crippen molar-refractivity contribution >= 4 is 59.8 Å². The summed E-state index contributed by atoms with van der Waals surface area (Å²) >= 11 is 6.03. The van der Waals surface area contributed by atoms with Crippen LogP contribution in [0.3, 0.4) is 0 Å². The van der Waals surface area contributed by atoms with E-state index in [1.54, 1.807) is 23.5 Å². The number of carbonyl (C=O) groups is 4. The molecule has 296 valence electrons. The van der Waals surface area contributed by atoms with Gasteiger partial charge in [0, 0.05) is 12.8 Å². The fourth-order valence-corrected chi connectivity index (χ4v) is 6.36. The quantitative estimate of drug-likeness (QED) is 0.0466. The van der Waals surface area contributed by atoms with E-state index in [-0.39, 0.29) is 11.8 Å². The smallest absolute Gasteiger partial charge is 0.326 e. The number of nitrogens with one attached hydrogen (secondary N) is 2. The van der Waals surface area contributed by atoms with Crippen molar-refractivity contribution in [3.63, 3.8) is 0 Å². The van der Waals surface area contributed by atoms with Crippen molar-refractivity contribution in [3.8, 4) is 0 Å². The summed E-state index contributed by atoms with van der Waals surface area (Å²) in [6.07, 6.45) is 33.2. The van der Waals surface area contributed by atoms with E-state index in [0.29, 0.717) is 25.7 Å². The second-order valence-corrected chi connectivity index (χ2v) is 15.0. The number of hydrogen-bond donors (Lipinski definition) is 4. The molecule has 0 heterocycles. The first-order valence-electron chi connectivity index (χ1n) is 19.4. The van der Waals surface area contributed by atoms with Gasteiger partial charge in [0.15, 0.2) is 12.5 Å². The second-order valence-electron chi connectivity index (χ2n) is 13.1. The van der Waals surface area contributed by atoms with Gasteiger partial charge in [-0.1, -0.05) is 142 Å². The van der Waals surface area contributed by atoms with Gasteiger partial charge in [-0.25, -0.2) is 9.59 Å². The molecule has 0 fully saturated rings. The second kappa shape index (κ2) is 43.8. The molecular formula is C38H74N2O7S3. The molecule has 0 aromatic carbocycles. The number of carbonyl (C=O) groups excluding carboxylic acids is 2. The highest BCUT2D eigenvalue weighted by molar-refractivity contribution is 7.98. The van der Waals surface area contributed by atoms with Crippen LogP contribution in [0.15, 0.2) is 0 Å². The molecule has 2 atom stereocenters. The minimum atomic E-state index is -0.934. The molecule has 9 nitrogen and oxygen atoms in total. The molecule has 0 aliphatic rings. The largest absolute Gasteiger partial charge is 0.480 e. The van der Waals surface area contributed by atoms with Gasteiger partial charge in [0.25, 0.3) is 0 Å². The van der Waals surface area contributed by atoms with Crippen LogP contribution >= 0.6 is 23.5 Å². The van der Waals surface area contributed by atoms with Crippen molar-refractivity contribution in [3.05, 3.63) is 0 Å². The van der Waals surface area contributed by atoms with E-state index < -0.39 is 24.0 Å². The lowest BCUT2D eigenvalue weighted by Crippen LogP contribution is -2.41. The maximum Gasteiger partial charge on any atom is 0.326 e. The molecule has 0 aromatic rings. The number of rotatable bonds is 34. The lowest BCUT2D eigenvalue weighted by molar-refractivity contribution is -0.142. The van der Waals surface area contributed by atoms with Crippen LogP contribution in [0.2, 0.25) is 0 Å². The Morgan fingerprint density at radius 3 is 0.940 bits per heavy atom. The highest BCUT2D eigenvalue weighted by atomic mass is 32.2. The van der Waals surface area contributed by atoms with Gasteiger partial charge in [0.05, 0.1) is 0 Å². The fraction of sp³-hybridized carbons (Fsp3) is 0.895. The summed E-state index contributed by atoms with van der Waals surface area (Å²) in [7, 11) is 0. The molecule has 0 spiro atoms. The average molecular weight is 767 g/mol. The van der Waals surface area contributed by atoms with Crippen molar-refractivity contribution < 1.29 is 33.6 Å². The molecule has 0 saturated heterocycles. The summed E-state index contributed by atoms with van der Waals surface area (Å²) in [5.74, 6) is -0.628. The van der Waals surface area contributed by atoms with Crippen molar-refractivity contribution in [2.45, 2.75) is 193 Å². The van der Waals surface area contributed by atoms with E-state index in [1.165, 1.54) is 116 Å². The molecule has 0 rings (SSSR count). The Labute approximate surface area is 319 Å². The first-order valence-corrected chi connectivity index (χ1v) is 22.5. The van der Waals surface area contributed by atoms with Crippen molar-refractivity contribution in [1.29, 1.82) is 0 Å². The molecule has 4 N–H and O–H groups in total. The summed E-state index contributed by atoms with van der Waals surface area (Å²) in [6.45, 7) is 4.48. The monoisotopic (exact) mass is 766 g/mol. The molecule has 0 aromatic heterocycles. The Kier molecular flexibility index (Phi) is 46.4. The molecule has 0 aliphatic heterocycles. The standard InChI is InChI=1S/2C19H37NO3S.OS/c2*1-3-4-5-6-7-8-9-10-11-12-13-14-18(21)20-17(19(22)23)15-16-24-2;1-2/h2*17H,3-16H2,1-2H3,(H,20,21)(H,22,23);/t2*17-;/m00./s1. The van der Waals surface area contributed by atoms with E-state index in [2.05, 4.69) is 37.0 Å². The molecule has 50 heavy (non-hydrogen) atoms. The van der Waals surface area contributed by atoms with Crippen LogP contribution in [0.1, 0.15) is 181 Å². The molecule has 0 bridgehead atoms. The number of carboxylic acids is 2. The maximum absolute atomic E-state index is 11.8. The Bertz CT molecular complexity index is 732. The SMILES string of the molecule is CCCCCCCCCCCCCC(=O)N[C@@H](CCSC)C(=O)O.CCCCCCCCCCCCCC(=O)N[C@@H](CCSC)C(=O)O.O=S. The van der Waals surface area contributed by atoms with Gasteiger partial charge < -0.3 is 20.8 Å². The molecule has 0 aliphatic carbocycles. The van der Waals surface area contributed by atoms with Crippen molar-refractivity contribution in [2.75, 3.05) is 24.0 Å². The molecule has 0 unspecified atom stereocenters. The topological polar surface area (TPSA) is 150 Å². The Balaban J connectivity index is -0.000000841. The van der Waals surface area contributed by atoms with E-state index in [9.17, 15) is 19.2 Å². The summed E-state index contributed by atoms with van der Waals surface area (Å²) < 4.78 is 7.83. The van der Waals surface area contributed by atoms with Crippen LogP contribution in [0.4, 0.5) is 0 Å². The van der Waals surface area contributed by atoms with Crippen LogP contribution in [0.5, 0.6) is 0 Å². The summed E-state index contributed by atoms with van der Waals surface area (Å²) in [4.78, 5) is 45.8. The Morgan fingerprint density at radius 1 is 0.480 bits per heavy atom. The lowest BCUT2D eigenvalue weighted by atomic mass is 10.1. The predicted molar refractivity (Wildman–Crippen MR) is 215 cm³/mol. The van der Waals surface area contributed by atoms with Gasteiger partial charge in [-0.3, -0.25) is 9.59 Å². The third-order valence-corrected chi connectivity index (χ3v) is 9.79. The molecule has 12 heteroatoms. The minimum Gasteiger partial charge on any atom is -0.480 e. The van der Waals surface area contributed by atoms with Gasteiger partial charge in [0.2, 0.25) is 11.8 Å². The predicted octanol–water partition coefficient (Wildman–Crippen LogP) is 9.68. The average Bonchev–Trinajstić information content (AvgIpc) is 3.10. The first-order chi connectivity index (χ1) is 24.2. The third-order valence-electron chi connectivity index (χ3n) is 8.50. The number of carboxylic acid groups (broad SMARTS) is 2. The van der Waals surface area contributed by atoms with E-state index in [0.717, 1.165) is 37.2 Å². The number of amides is 2. The Hall–Kier alpha value is -1.40. The number of aliphatic carboxylic acids is 2. The van der Waals surface area contributed by atoms with Gasteiger partial charge in [-0.2, -0.15) is 27.7 Å². The normalized spacial score (nSPS) is 11.7. The zero-order valence-electron chi connectivity index (χ0n) is 32.1. The number of unbranched alkanes of at least 4 members (excludes halogenated alkanes) is 20. The van der Waals surface area contributed by atoms with Crippen molar-refractivity contribution in [1.82, 2.24) is 10.6 Å². The zero-order chi connectivity index (χ0) is 38.1. The molecule has 2 amide bonds. The van der Waals surface area contributed by atoms with Gasteiger partial charge in [0.1, 0.15) is 12.1 Å². The molecule has 0 radical (unpaired) electrons. The summed E-state index contributed by atoms with van der Waals surface area (Å²) in [5, 5.41) is 23.4. The van der Waals surface area contributed by atoms with E-state index >= 15 is 0 Å². The minimum absolute atomic E-state index is 0.126. The van der Waals surface area contributed by atoms with Crippen LogP contribution in [0, 0.1) is 0 Å². The van der Waals surface area contributed by atoms with Crippen molar-refractivity contribution in [2.24, 2.45) is 0 Å². The van der Waals surface area contributed by atoms with Crippen LogP contribution in [-0.2, 0) is 31.7 Å². The van der Waals surface area contributed by atoms with E-state index in [4.69, 9.17) is 14.4 Å². The van der Waals surface area contributed by atoms with Crippen LogP contribution in [0.25, 0.3) is 0 Å². The highest BCUT2D eigenvalue weighted by Crippen LogP contribution is 2.13. The van der Waals surface area contributed by atoms with E-state index in [1.807, 2.05) is 12.5 Å². The van der Waals surface area contributed by atoms with Gasteiger partial charge >= 0.3 is 11.9 Å². The third kappa shape index (κ3) is 41.0. The molecular weight excluding hydrogens is 693 g/mol. The maximum atomic E-state index is 11.8. The Morgan fingerprint density at radius 2 is 0.720 bits per heavy atom. The summed E-state index contributed by atoms with van der Waals surface area (Å²) in [6, 6.07) is -1.48. The number of hydrogen-bond acceptors (Lipinski definition) is 8. The lowest BCUT2D eigenvalue weighted by Gasteiger charge is -2.13. The highest BCUT2D eigenvalue weighted by Gasteiger charge is 2.19.